The van der Waals surface area contributed by atoms with Crippen molar-refractivity contribution in [3.8, 4) is 0 Å². The van der Waals surface area contributed by atoms with Gasteiger partial charge in [0.25, 0.3) is 0 Å². The standard InChI is InChI=1S/C17H35O6P/c1-4-7-10-16(5-2)13-21-24(20,23-15-19)22-14-17(6-3)11-8-9-12-18/h15-18H,4-14H2,1-3H3. The number of hydrogen-bond donors (Lipinski definition) is 1. The van der Waals surface area contributed by atoms with Gasteiger partial charge in [-0.1, -0.05) is 52.9 Å². The van der Waals surface area contributed by atoms with Gasteiger partial charge in [-0.05, 0) is 31.1 Å². The smallest absolute Gasteiger partial charge is 0.396 e. The van der Waals surface area contributed by atoms with Crippen LogP contribution >= 0.6 is 7.82 Å². The molecule has 0 heterocycles. The van der Waals surface area contributed by atoms with Gasteiger partial charge in [0.2, 0.25) is 0 Å². The second-order valence-corrected chi connectivity index (χ2v) is 7.77. The van der Waals surface area contributed by atoms with Gasteiger partial charge in [0.1, 0.15) is 0 Å². The predicted octanol–water partition coefficient (Wildman–Crippen LogP) is 4.71. The van der Waals surface area contributed by atoms with Crippen molar-refractivity contribution >= 4 is 14.3 Å². The number of phosphoric acid groups is 1. The van der Waals surface area contributed by atoms with Gasteiger partial charge < -0.3 is 9.63 Å². The summed E-state index contributed by atoms with van der Waals surface area (Å²) in [5, 5.41) is 8.83. The Bertz CT molecular complexity index is 350. The lowest BCUT2D eigenvalue weighted by molar-refractivity contribution is -0.122. The lowest BCUT2D eigenvalue weighted by Crippen LogP contribution is -2.13. The van der Waals surface area contributed by atoms with Crippen molar-refractivity contribution in [3.63, 3.8) is 0 Å². The summed E-state index contributed by atoms with van der Waals surface area (Å²) < 4.78 is 27.9. The molecule has 0 saturated carbocycles. The van der Waals surface area contributed by atoms with E-state index in [1.54, 1.807) is 0 Å². The molecule has 0 aromatic rings. The quantitative estimate of drug-likeness (QED) is 0.228. The molecule has 0 aliphatic rings. The van der Waals surface area contributed by atoms with Gasteiger partial charge in [0.05, 0.1) is 13.2 Å². The zero-order chi connectivity index (χ0) is 18.3. The van der Waals surface area contributed by atoms with Crippen molar-refractivity contribution in [2.45, 2.75) is 72.1 Å². The van der Waals surface area contributed by atoms with Crippen molar-refractivity contribution < 1.29 is 28.0 Å². The van der Waals surface area contributed by atoms with Crippen molar-refractivity contribution in [1.29, 1.82) is 0 Å². The van der Waals surface area contributed by atoms with E-state index in [0.29, 0.717) is 0 Å². The summed E-state index contributed by atoms with van der Waals surface area (Å²) in [5.74, 6) is 0.481. The minimum Gasteiger partial charge on any atom is -0.396 e. The molecule has 6 nitrogen and oxygen atoms in total. The maximum Gasteiger partial charge on any atom is 0.532 e. The molecule has 7 heteroatoms. The molecular weight excluding hydrogens is 331 g/mol. The van der Waals surface area contributed by atoms with Gasteiger partial charge >= 0.3 is 14.3 Å². The van der Waals surface area contributed by atoms with Gasteiger partial charge in [0, 0.05) is 6.61 Å². The summed E-state index contributed by atoms with van der Waals surface area (Å²) in [4.78, 5) is 10.6. The maximum absolute atomic E-state index is 12.5. The maximum atomic E-state index is 12.5. The fourth-order valence-electron chi connectivity index (χ4n) is 2.39. The van der Waals surface area contributed by atoms with Gasteiger partial charge in [-0.3, -0.25) is 13.8 Å². The van der Waals surface area contributed by atoms with Crippen LogP contribution in [-0.2, 0) is 22.9 Å². The van der Waals surface area contributed by atoms with Crippen LogP contribution in [0.3, 0.4) is 0 Å². The molecular formula is C17H35O6P. The third kappa shape index (κ3) is 11.2. The highest BCUT2D eigenvalue weighted by Gasteiger charge is 2.30. The van der Waals surface area contributed by atoms with Crippen LogP contribution in [0.4, 0.5) is 0 Å². The first-order valence-electron chi connectivity index (χ1n) is 9.17. The molecule has 0 aliphatic carbocycles. The van der Waals surface area contributed by atoms with Crippen LogP contribution in [0, 0.1) is 11.8 Å². The highest BCUT2D eigenvalue weighted by Crippen LogP contribution is 2.50. The van der Waals surface area contributed by atoms with Crippen LogP contribution in [0.25, 0.3) is 0 Å². The molecule has 0 saturated heterocycles. The minimum absolute atomic E-state index is 0.125. The number of unbranched alkanes of at least 4 members (excludes halogenated alkanes) is 2. The van der Waals surface area contributed by atoms with Gasteiger partial charge in [-0.2, -0.15) is 0 Å². The van der Waals surface area contributed by atoms with E-state index in [1.165, 1.54) is 0 Å². The molecule has 0 radical (unpaired) electrons. The first-order valence-corrected chi connectivity index (χ1v) is 10.6. The van der Waals surface area contributed by atoms with E-state index in [0.717, 1.165) is 51.4 Å². The summed E-state index contributed by atoms with van der Waals surface area (Å²) in [6, 6.07) is 0. The van der Waals surface area contributed by atoms with Crippen LogP contribution in [0.5, 0.6) is 0 Å². The van der Waals surface area contributed by atoms with Crippen molar-refractivity contribution in [2.75, 3.05) is 19.8 Å². The first kappa shape index (κ1) is 23.6. The van der Waals surface area contributed by atoms with Gasteiger partial charge in [-0.15, -0.1) is 0 Å². The molecule has 0 bridgehead atoms. The second kappa shape index (κ2) is 14.9. The van der Waals surface area contributed by atoms with E-state index in [4.69, 9.17) is 14.2 Å². The number of carbonyl (C=O) groups excluding carboxylic acids is 1. The Morgan fingerprint density at radius 3 is 1.92 bits per heavy atom. The predicted molar refractivity (Wildman–Crippen MR) is 94.7 cm³/mol. The van der Waals surface area contributed by atoms with Crippen LogP contribution in [-0.4, -0.2) is 31.4 Å². The Labute approximate surface area is 146 Å². The number of carbonyl (C=O) groups is 1. The molecule has 3 unspecified atom stereocenters. The van der Waals surface area contributed by atoms with Gasteiger partial charge in [-0.25, -0.2) is 4.57 Å². The fraction of sp³-hybridized carbons (Fsp3) is 0.941. The summed E-state index contributed by atoms with van der Waals surface area (Å²) in [6.45, 7) is 6.99. The molecule has 1 N–H and O–H groups in total. The van der Waals surface area contributed by atoms with E-state index in [2.05, 4.69) is 18.4 Å². The topological polar surface area (TPSA) is 82.1 Å². The van der Waals surface area contributed by atoms with E-state index in [9.17, 15) is 9.36 Å². The fourth-order valence-corrected chi connectivity index (χ4v) is 3.48. The summed E-state index contributed by atoms with van der Waals surface area (Å²) >= 11 is 0. The van der Waals surface area contributed by atoms with E-state index < -0.39 is 7.82 Å². The van der Waals surface area contributed by atoms with Crippen molar-refractivity contribution in [1.82, 2.24) is 0 Å². The largest absolute Gasteiger partial charge is 0.532 e. The van der Waals surface area contributed by atoms with Crippen molar-refractivity contribution in [2.24, 2.45) is 11.8 Å². The van der Waals surface area contributed by atoms with Crippen LogP contribution in [0.2, 0.25) is 0 Å². The average Bonchev–Trinajstić information content (AvgIpc) is 2.58. The van der Waals surface area contributed by atoms with Crippen LogP contribution < -0.4 is 0 Å². The average molecular weight is 366 g/mol. The molecule has 0 aromatic carbocycles. The molecule has 0 rings (SSSR count). The normalized spacial score (nSPS) is 16.3. The van der Waals surface area contributed by atoms with Crippen LogP contribution in [0.1, 0.15) is 72.1 Å². The Morgan fingerprint density at radius 2 is 1.50 bits per heavy atom. The number of aliphatic hydroxyl groups is 1. The summed E-state index contributed by atoms with van der Waals surface area (Å²) in [6.07, 6.45) is 7.45. The summed E-state index contributed by atoms with van der Waals surface area (Å²) in [5.41, 5.74) is 0. The molecule has 144 valence electrons. The third-order valence-corrected chi connectivity index (χ3v) is 5.52. The number of phosphoric ester groups is 1. The van der Waals surface area contributed by atoms with Gasteiger partial charge in [0.15, 0.2) is 0 Å². The molecule has 3 atom stereocenters. The first-order chi connectivity index (χ1) is 11.5. The Hall–Kier alpha value is -0.420. The monoisotopic (exact) mass is 366 g/mol. The van der Waals surface area contributed by atoms with E-state index in [-0.39, 0.29) is 38.1 Å². The number of rotatable bonds is 17. The second-order valence-electron chi connectivity index (χ2n) is 6.15. The number of aliphatic hydroxyl groups excluding tert-OH is 1. The van der Waals surface area contributed by atoms with Crippen molar-refractivity contribution in [3.05, 3.63) is 0 Å². The highest BCUT2D eigenvalue weighted by atomic mass is 31.2. The lowest BCUT2D eigenvalue weighted by atomic mass is 10.0. The Morgan fingerprint density at radius 1 is 0.958 bits per heavy atom. The number of hydrogen-bond acceptors (Lipinski definition) is 6. The molecule has 0 aromatic heterocycles. The molecule has 24 heavy (non-hydrogen) atoms. The minimum atomic E-state index is -3.84. The molecule has 0 aliphatic heterocycles. The zero-order valence-electron chi connectivity index (χ0n) is 15.4. The zero-order valence-corrected chi connectivity index (χ0v) is 16.3. The van der Waals surface area contributed by atoms with Crippen LogP contribution in [0.15, 0.2) is 0 Å². The molecule has 0 spiro atoms. The Kier molecular flexibility index (Phi) is 14.6. The van der Waals surface area contributed by atoms with E-state index in [1.807, 2.05) is 6.92 Å². The van der Waals surface area contributed by atoms with E-state index >= 15 is 0 Å². The lowest BCUT2D eigenvalue weighted by Gasteiger charge is -2.21. The SMILES string of the molecule is CCCCC(CC)COP(=O)(OC=O)OCC(CC)CCCCO. The Balaban J connectivity index is 4.45. The third-order valence-electron chi connectivity index (χ3n) is 4.25. The summed E-state index contributed by atoms with van der Waals surface area (Å²) in [7, 11) is -3.84. The molecule has 0 fully saturated rings. The molecule has 0 amide bonds. The highest BCUT2D eigenvalue weighted by molar-refractivity contribution is 7.49.